The summed E-state index contributed by atoms with van der Waals surface area (Å²) in [5.41, 5.74) is 3.50. The van der Waals surface area contributed by atoms with Gasteiger partial charge in [0.2, 0.25) is 0 Å². The van der Waals surface area contributed by atoms with Crippen molar-refractivity contribution in [3.63, 3.8) is 0 Å². The Morgan fingerprint density at radius 3 is 2.33 bits per heavy atom. The molecule has 84 valence electrons. The molecule has 0 unspecified atom stereocenters. The molecule has 0 aromatic heterocycles. The molecule has 0 rings (SSSR count). The molecule has 0 amide bonds. The first-order chi connectivity index (χ1) is 6.97. The SMILES string of the molecule is C=C(C)/C(C)=C/C=C(\C)CNC(=N)CC. The van der Waals surface area contributed by atoms with Crippen molar-refractivity contribution in [2.45, 2.75) is 34.1 Å². The molecule has 0 aromatic carbocycles. The van der Waals surface area contributed by atoms with Crippen molar-refractivity contribution in [3.05, 3.63) is 35.5 Å². The molecule has 0 saturated heterocycles. The van der Waals surface area contributed by atoms with Crippen LogP contribution in [0.5, 0.6) is 0 Å². The quantitative estimate of drug-likeness (QED) is 0.403. The van der Waals surface area contributed by atoms with Gasteiger partial charge < -0.3 is 5.32 Å². The molecule has 0 aliphatic rings. The molecular formula is C13H22N2. The monoisotopic (exact) mass is 206 g/mol. The van der Waals surface area contributed by atoms with Crippen LogP contribution >= 0.6 is 0 Å². The third-order valence-electron chi connectivity index (χ3n) is 2.23. The molecule has 0 aromatic rings. The molecular weight excluding hydrogens is 184 g/mol. The van der Waals surface area contributed by atoms with E-state index in [0.29, 0.717) is 5.84 Å². The predicted octanol–water partition coefficient (Wildman–Crippen LogP) is 3.43. The Labute approximate surface area is 93.3 Å². The van der Waals surface area contributed by atoms with E-state index in [0.717, 1.165) is 18.5 Å². The Morgan fingerprint density at radius 2 is 1.87 bits per heavy atom. The summed E-state index contributed by atoms with van der Waals surface area (Å²) in [7, 11) is 0. The van der Waals surface area contributed by atoms with Crippen molar-refractivity contribution in [2.24, 2.45) is 0 Å². The van der Waals surface area contributed by atoms with Crippen LogP contribution in [0.2, 0.25) is 0 Å². The average molecular weight is 206 g/mol. The van der Waals surface area contributed by atoms with Crippen molar-refractivity contribution in [2.75, 3.05) is 6.54 Å². The fraction of sp³-hybridized carbons (Fsp3) is 0.462. The smallest absolute Gasteiger partial charge is 0.0931 e. The van der Waals surface area contributed by atoms with Crippen LogP contribution in [0.1, 0.15) is 34.1 Å². The molecule has 0 radical (unpaired) electrons. The van der Waals surface area contributed by atoms with Crippen molar-refractivity contribution in [1.82, 2.24) is 5.32 Å². The summed E-state index contributed by atoms with van der Waals surface area (Å²) >= 11 is 0. The molecule has 0 aliphatic heterocycles. The van der Waals surface area contributed by atoms with Gasteiger partial charge in [-0.15, -0.1) is 0 Å². The van der Waals surface area contributed by atoms with Crippen LogP contribution in [0.15, 0.2) is 35.5 Å². The number of hydrogen-bond donors (Lipinski definition) is 2. The van der Waals surface area contributed by atoms with E-state index in [4.69, 9.17) is 5.41 Å². The van der Waals surface area contributed by atoms with Gasteiger partial charge in [-0.2, -0.15) is 0 Å². The van der Waals surface area contributed by atoms with Crippen LogP contribution in [-0.2, 0) is 0 Å². The van der Waals surface area contributed by atoms with Gasteiger partial charge in [0.1, 0.15) is 0 Å². The van der Waals surface area contributed by atoms with Crippen LogP contribution in [0.3, 0.4) is 0 Å². The molecule has 0 spiro atoms. The third kappa shape index (κ3) is 6.72. The summed E-state index contributed by atoms with van der Waals surface area (Å²) in [4.78, 5) is 0. The van der Waals surface area contributed by atoms with Gasteiger partial charge in [-0.25, -0.2) is 0 Å². The molecule has 2 heteroatoms. The highest BCUT2D eigenvalue weighted by molar-refractivity contribution is 5.78. The largest absolute Gasteiger partial charge is 0.370 e. The molecule has 0 aliphatic carbocycles. The second kappa shape index (κ2) is 7.04. The lowest BCUT2D eigenvalue weighted by Gasteiger charge is -2.05. The molecule has 2 nitrogen and oxygen atoms in total. The van der Waals surface area contributed by atoms with Crippen LogP contribution in [0.25, 0.3) is 0 Å². The van der Waals surface area contributed by atoms with E-state index in [1.54, 1.807) is 0 Å². The number of rotatable bonds is 5. The summed E-state index contributed by atoms with van der Waals surface area (Å²) in [5, 5.41) is 10.5. The van der Waals surface area contributed by atoms with Crippen molar-refractivity contribution >= 4 is 5.84 Å². The summed E-state index contributed by atoms with van der Waals surface area (Å²) in [6.45, 7) is 12.7. The maximum Gasteiger partial charge on any atom is 0.0931 e. The van der Waals surface area contributed by atoms with E-state index < -0.39 is 0 Å². The molecule has 2 N–H and O–H groups in total. The van der Waals surface area contributed by atoms with Gasteiger partial charge in [0.15, 0.2) is 0 Å². The van der Waals surface area contributed by atoms with Gasteiger partial charge in [0, 0.05) is 13.0 Å². The third-order valence-corrected chi connectivity index (χ3v) is 2.23. The summed E-state index contributed by atoms with van der Waals surface area (Å²) in [5.74, 6) is 0.586. The Kier molecular flexibility index (Phi) is 6.43. The van der Waals surface area contributed by atoms with Gasteiger partial charge in [-0.3, -0.25) is 5.41 Å². The van der Waals surface area contributed by atoms with Crippen molar-refractivity contribution in [3.8, 4) is 0 Å². The van der Waals surface area contributed by atoms with Gasteiger partial charge in [-0.05, 0) is 26.3 Å². The Morgan fingerprint density at radius 1 is 1.27 bits per heavy atom. The van der Waals surface area contributed by atoms with Crippen molar-refractivity contribution < 1.29 is 0 Å². The lowest BCUT2D eigenvalue weighted by molar-refractivity contribution is 0.939. The van der Waals surface area contributed by atoms with Crippen molar-refractivity contribution in [1.29, 1.82) is 5.41 Å². The first-order valence-corrected chi connectivity index (χ1v) is 5.28. The molecule has 15 heavy (non-hydrogen) atoms. The maximum atomic E-state index is 7.45. The van der Waals surface area contributed by atoms with E-state index in [1.165, 1.54) is 11.1 Å². The zero-order valence-electron chi connectivity index (χ0n) is 10.3. The zero-order chi connectivity index (χ0) is 11.8. The highest BCUT2D eigenvalue weighted by atomic mass is 14.9. The highest BCUT2D eigenvalue weighted by Gasteiger charge is 1.92. The Bertz CT molecular complexity index is 296. The predicted molar refractivity (Wildman–Crippen MR) is 68.3 cm³/mol. The van der Waals surface area contributed by atoms with Gasteiger partial charge >= 0.3 is 0 Å². The molecule has 0 bridgehead atoms. The Hall–Kier alpha value is -1.31. The average Bonchev–Trinajstić information content (AvgIpc) is 2.21. The number of nitrogens with one attached hydrogen (secondary N) is 2. The molecule has 0 fully saturated rings. The van der Waals surface area contributed by atoms with Crippen LogP contribution in [0, 0.1) is 5.41 Å². The van der Waals surface area contributed by atoms with Crippen LogP contribution < -0.4 is 5.32 Å². The number of hydrogen-bond acceptors (Lipinski definition) is 1. The second-order valence-corrected chi connectivity index (χ2v) is 3.83. The minimum Gasteiger partial charge on any atom is -0.370 e. The maximum absolute atomic E-state index is 7.45. The minimum atomic E-state index is 0.586. The van der Waals surface area contributed by atoms with E-state index in [2.05, 4.69) is 31.0 Å². The zero-order valence-corrected chi connectivity index (χ0v) is 10.3. The summed E-state index contributed by atoms with van der Waals surface area (Å²) in [6.07, 6.45) is 4.89. The molecule has 0 atom stereocenters. The standard InChI is InChI=1S/C13H22N2/c1-6-13(14)15-9-11(4)7-8-12(5)10(2)3/h7-8H,2,6,9H2,1,3-5H3,(H2,14,15)/b11-7+,12-8+. The van der Waals surface area contributed by atoms with Gasteiger partial charge in [-0.1, -0.05) is 36.8 Å². The van der Waals surface area contributed by atoms with Crippen LogP contribution in [-0.4, -0.2) is 12.4 Å². The minimum absolute atomic E-state index is 0.586. The van der Waals surface area contributed by atoms with Gasteiger partial charge in [0.25, 0.3) is 0 Å². The fourth-order valence-corrected chi connectivity index (χ4v) is 0.840. The highest BCUT2D eigenvalue weighted by Crippen LogP contribution is 2.05. The van der Waals surface area contributed by atoms with E-state index in [9.17, 15) is 0 Å². The molecule has 0 saturated carbocycles. The summed E-state index contributed by atoms with van der Waals surface area (Å²) < 4.78 is 0. The van der Waals surface area contributed by atoms with E-state index in [1.807, 2.05) is 20.8 Å². The first kappa shape index (κ1) is 13.7. The number of allylic oxidation sites excluding steroid dienone is 4. The second-order valence-electron chi connectivity index (χ2n) is 3.83. The Balaban J connectivity index is 4.16. The fourth-order valence-electron chi connectivity index (χ4n) is 0.840. The first-order valence-electron chi connectivity index (χ1n) is 5.28. The lowest BCUT2D eigenvalue weighted by Crippen LogP contribution is -2.23. The van der Waals surface area contributed by atoms with E-state index >= 15 is 0 Å². The topological polar surface area (TPSA) is 35.9 Å². The van der Waals surface area contributed by atoms with Gasteiger partial charge in [0.05, 0.1) is 5.84 Å². The summed E-state index contributed by atoms with van der Waals surface area (Å²) in [6, 6.07) is 0. The normalized spacial score (nSPS) is 12.5. The number of amidine groups is 1. The van der Waals surface area contributed by atoms with Crippen LogP contribution in [0.4, 0.5) is 0 Å². The lowest BCUT2D eigenvalue weighted by atomic mass is 10.1. The molecule has 0 heterocycles. The van der Waals surface area contributed by atoms with E-state index in [-0.39, 0.29) is 0 Å².